The van der Waals surface area contributed by atoms with E-state index in [1.807, 2.05) is 0 Å². The summed E-state index contributed by atoms with van der Waals surface area (Å²) in [5.41, 5.74) is 0. The van der Waals surface area contributed by atoms with Gasteiger partial charge in [0, 0.05) is 13.1 Å². The highest BCUT2D eigenvalue weighted by molar-refractivity contribution is 6.68. The van der Waals surface area contributed by atoms with Crippen LogP contribution in [0, 0.1) is 0 Å². The van der Waals surface area contributed by atoms with Gasteiger partial charge in [-0.15, -0.1) is 0 Å². The van der Waals surface area contributed by atoms with Gasteiger partial charge in [-0.1, -0.05) is 34.8 Å². The minimum Gasteiger partial charge on any atom is -0.394 e. The van der Waals surface area contributed by atoms with Crippen LogP contribution in [-0.4, -0.2) is 57.5 Å². The quantitative estimate of drug-likeness (QED) is 0.723. The van der Waals surface area contributed by atoms with Crippen molar-refractivity contribution < 1.29 is 14.9 Å². The number of aliphatic hydroxyl groups excluding tert-OH is 2. The Morgan fingerprint density at radius 3 is 2.64 bits per heavy atom. The van der Waals surface area contributed by atoms with Crippen LogP contribution in [0.15, 0.2) is 0 Å². The highest BCUT2D eigenvalue weighted by Gasteiger charge is 2.41. The van der Waals surface area contributed by atoms with Crippen LogP contribution in [0.3, 0.4) is 0 Å². The molecule has 0 saturated carbocycles. The molecule has 0 aromatic carbocycles. The molecular formula is C7H12Cl3NO3. The summed E-state index contributed by atoms with van der Waals surface area (Å²) in [6, 6.07) is 0. The third-order valence-corrected chi connectivity index (χ3v) is 2.48. The fourth-order valence-corrected chi connectivity index (χ4v) is 1.92. The molecule has 2 atom stereocenters. The van der Waals surface area contributed by atoms with Crippen molar-refractivity contribution >= 4 is 34.8 Å². The van der Waals surface area contributed by atoms with Crippen molar-refractivity contribution in [3.05, 3.63) is 0 Å². The summed E-state index contributed by atoms with van der Waals surface area (Å²) in [5.74, 6) is 0. The van der Waals surface area contributed by atoms with E-state index in [0.717, 1.165) is 0 Å². The maximum absolute atomic E-state index is 9.23. The molecule has 0 aliphatic carbocycles. The van der Waals surface area contributed by atoms with Gasteiger partial charge in [-0.25, -0.2) is 0 Å². The average molecular weight is 265 g/mol. The second-order valence-corrected chi connectivity index (χ2v) is 5.47. The van der Waals surface area contributed by atoms with Gasteiger partial charge >= 0.3 is 0 Å². The lowest BCUT2D eigenvalue weighted by molar-refractivity contribution is 0.000346. The van der Waals surface area contributed by atoms with E-state index >= 15 is 0 Å². The molecule has 4 nitrogen and oxygen atoms in total. The van der Waals surface area contributed by atoms with Crippen molar-refractivity contribution in [2.75, 3.05) is 26.3 Å². The molecule has 1 rings (SSSR count). The van der Waals surface area contributed by atoms with E-state index in [1.165, 1.54) is 0 Å². The lowest BCUT2D eigenvalue weighted by Crippen LogP contribution is -2.44. The molecule has 14 heavy (non-hydrogen) atoms. The van der Waals surface area contributed by atoms with Crippen LogP contribution >= 0.6 is 34.8 Å². The molecule has 0 aromatic rings. The van der Waals surface area contributed by atoms with Crippen LogP contribution in [0.25, 0.3) is 0 Å². The Morgan fingerprint density at radius 1 is 1.50 bits per heavy atom. The van der Waals surface area contributed by atoms with Gasteiger partial charge in [0.2, 0.25) is 3.79 Å². The number of halogens is 3. The van der Waals surface area contributed by atoms with Crippen molar-refractivity contribution in [2.45, 2.75) is 16.1 Å². The zero-order valence-corrected chi connectivity index (χ0v) is 9.63. The van der Waals surface area contributed by atoms with Crippen molar-refractivity contribution in [3.63, 3.8) is 0 Å². The zero-order chi connectivity index (χ0) is 10.8. The van der Waals surface area contributed by atoms with E-state index in [0.29, 0.717) is 13.2 Å². The molecular weight excluding hydrogens is 252 g/mol. The molecule has 0 amide bonds. The molecule has 2 N–H and O–H groups in total. The summed E-state index contributed by atoms with van der Waals surface area (Å²) in [6.45, 7) is 0.949. The van der Waals surface area contributed by atoms with Gasteiger partial charge in [0.1, 0.15) is 0 Å². The second-order valence-electron chi connectivity index (χ2n) is 3.10. The number of β-amino-alcohol motifs (C(OH)–C–C–N with tert-alkyl or cyclic N) is 1. The number of ether oxygens (including phenoxy) is 1. The molecule has 0 radical (unpaired) electrons. The standard InChI is InChI=1S/C7H12Cl3NO3/c8-7(9,10)6-11(1-2-14-6)3-5(13)4-12/h5-6,12-13H,1-4H2. The van der Waals surface area contributed by atoms with Gasteiger partial charge in [0.05, 0.1) is 19.3 Å². The smallest absolute Gasteiger partial charge is 0.229 e. The molecule has 1 fully saturated rings. The molecule has 1 aliphatic rings. The van der Waals surface area contributed by atoms with E-state index in [4.69, 9.17) is 44.6 Å². The monoisotopic (exact) mass is 263 g/mol. The summed E-state index contributed by atoms with van der Waals surface area (Å²) < 4.78 is 3.68. The number of nitrogens with zero attached hydrogens (tertiary/aromatic N) is 1. The number of alkyl halides is 3. The Kier molecular flexibility index (Phi) is 4.71. The molecule has 0 bridgehead atoms. The van der Waals surface area contributed by atoms with Crippen LogP contribution in [0.4, 0.5) is 0 Å². The predicted octanol–water partition coefficient (Wildman–Crippen LogP) is 0.368. The summed E-state index contributed by atoms with van der Waals surface area (Å²) in [5, 5.41) is 17.9. The summed E-state index contributed by atoms with van der Waals surface area (Å²) >= 11 is 17.0. The van der Waals surface area contributed by atoms with Crippen LogP contribution in [0.2, 0.25) is 0 Å². The largest absolute Gasteiger partial charge is 0.394 e. The molecule has 84 valence electrons. The lowest BCUT2D eigenvalue weighted by Gasteiger charge is -2.29. The third kappa shape index (κ3) is 3.38. The molecule has 1 aliphatic heterocycles. The first-order valence-corrected chi connectivity index (χ1v) is 5.30. The lowest BCUT2D eigenvalue weighted by atomic mass is 10.3. The number of rotatable bonds is 3. The van der Waals surface area contributed by atoms with Crippen LogP contribution in [-0.2, 0) is 4.74 Å². The van der Waals surface area contributed by atoms with E-state index in [-0.39, 0.29) is 13.2 Å². The minimum absolute atomic E-state index is 0.231. The number of hydrogen-bond donors (Lipinski definition) is 2. The van der Waals surface area contributed by atoms with Crippen molar-refractivity contribution in [1.82, 2.24) is 4.90 Å². The van der Waals surface area contributed by atoms with Crippen molar-refractivity contribution in [3.8, 4) is 0 Å². The average Bonchev–Trinajstić information content (AvgIpc) is 2.51. The molecule has 7 heteroatoms. The molecule has 1 heterocycles. The Balaban J connectivity index is 2.51. The van der Waals surface area contributed by atoms with Crippen LogP contribution in [0.1, 0.15) is 0 Å². The molecule has 2 unspecified atom stereocenters. The van der Waals surface area contributed by atoms with Gasteiger partial charge in [-0.2, -0.15) is 0 Å². The summed E-state index contributed by atoms with van der Waals surface area (Å²) in [6.07, 6.45) is -1.50. The molecule has 0 spiro atoms. The normalized spacial score (nSPS) is 26.8. The highest BCUT2D eigenvalue weighted by Crippen LogP contribution is 2.36. The predicted molar refractivity (Wildman–Crippen MR) is 54.7 cm³/mol. The van der Waals surface area contributed by atoms with Crippen LogP contribution in [0.5, 0.6) is 0 Å². The van der Waals surface area contributed by atoms with E-state index in [9.17, 15) is 5.11 Å². The summed E-state index contributed by atoms with van der Waals surface area (Å²) in [7, 11) is 0. The fourth-order valence-electron chi connectivity index (χ4n) is 1.32. The number of hydrogen-bond acceptors (Lipinski definition) is 4. The second kappa shape index (κ2) is 5.16. The SMILES string of the molecule is OCC(O)CN1CCOC1C(Cl)(Cl)Cl. The van der Waals surface area contributed by atoms with Crippen LogP contribution < -0.4 is 0 Å². The maximum atomic E-state index is 9.23. The highest BCUT2D eigenvalue weighted by atomic mass is 35.6. The maximum Gasteiger partial charge on any atom is 0.229 e. The first-order chi connectivity index (χ1) is 6.45. The Morgan fingerprint density at radius 2 is 2.14 bits per heavy atom. The van der Waals surface area contributed by atoms with E-state index in [2.05, 4.69) is 0 Å². The number of aliphatic hydroxyl groups is 2. The van der Waals surface area contributed by atoms with Gasteiger partial charge in [-0.3, -0.25) is 4.90 Å². The van der Waals surface area contributed by atoms with Crippen molar-refractivity contribution in [2.24, 2.45) is 0 Å². The first kappa shape index (κ1) is 12.8. The zero-order valence-electron chi connectivity index (χ0n) is 7.37. The van der Waals surface area contributed by atoms with Gasteiger partial charge in [0.15, 0.2) is 6.23 Å². The Bertz CT molecular complexity index is 188. The third-order valence-electron chi connectivity index (χ3n) is 1.92. The molecule has 0 aromatic heterocycles. The molecule has 1 saturated heterocycles. The van der Waals surface area contributed by atoms with Crippen molar-refractivity contribution in [1.29, 1.82) is 0 Å². The first-order valence-electron chi connectivity index (χ1n) is 4.16. The van der Waals surface area contributed by atoms with Gasteiger partial charge in [-0.05, 0) is 0 Å². The van der Waals surface area contributed by atoms with E-state index < -0.39 is 16.1 Å². The van der Waals surface area contributed by atoms with Gasteiger partial charge in [0.25, 0.3) is 0 Å². The fraction of sp³-hybridized carbons (Fsp3) is 1.00. The van der Waals surface area contributed by atoms with E-state index in [1.54, 1.807) is 4.90 Å². The summed E-state index contributed by atoms with van der Waals surface area (Å²) in [4.78, 5) is 1.69. The Labute approximate surface area is 97.3 Å². The Hall–Kier alpha value is 0.710. The van der Waals surface area contributed by atoms with Gasteiger partial charge < -0.3 is 14.9 Å². The topological polar surface area (TPSA) is 52.9 Å². The minimum atomic E-state index is -1.54.